The Morgan fingerprint density at radius 2 is 1.94 bits per heavy atom. The van der Waals surface area contributed by atoms with Crippen LogP contribution in [-0.2, 0) is 6.42 Å². The maximum absolute atomic E-state index is 4.59. The number of hydrogen-bond donors (Lipinski definition) is 1. The second-order valence-electron chi connectivity index (χ2n) is 5.10. The Hall–Kier alpha value is -0.830. The van der Waals surface area contributed by atoms with Gasteiger partial charge in [-0.2, -0.15) is 5.10 Å². The molecule has 2 unspecified atom stereocenters. The number of nitrogens with one attached hydrogen (secondary N) is 1. The van der Waals surface area contributed by atoms with Crippen LogP contribution < -0.4 is 5.32 Å². The molecule has 0 aliphatic rings. The molecule has 2 atom stereocenters. The van der Waals surface area contributed by atoms with Crippen molar-refractivity contribution in [3.05, 3.63) is 18.0 Å². The third-order valence-electron chi connectivity index (χ3n) is 3.22. The summed E-state index contributed by atoms with van der Waals surface area (Å²) in [6, 6.07) is 2.60. The molecule has 3 heteroatoms. The molecular weight excluding hydrogens is 198 g/mol. The van der Waals surface area contributed by atoms with E-state index in [0.717, 1.165) is 13.0 Å². The predicted molar refractivity (Wildman–Crippen MR) is 68.6 cm³/mol. The maximum Gasteiger partial charge on any atom is 0.0627 e. The van der Waals surface area contributed by atoms with Gasteiger partial charge in [-0.3, -0.25) is 4.68 Å². The molecule has 0 amide bonds. The Labute approximate surface area is 99.2 Å². The lowest BCUT2D eigenvalue weighted by atomic mass is 9.91. The molecule has 1 N–H and O–H groups in total. The highest BCUT2D eigenvalue weighted by molar-refractivity contribution is 5.01. The lowest BCUT2D eigenvalue weighted by molar-refractivity contribution is 0.369. The van der Waals surface area contributed by atoms with Crippen molar-refractivity contribution < 1.29 is 0 Å². The summed E-state index contributed by atoms with van der Waals surface area (Å²) in [5, 5.41) is 7.82. The van der Waals surface area contributed by atoms with Gasteiger partial charge in [0.05, 0.1) is 5.69 Å². The highest BCUT2D eigenvalue weighted by atomic mass is 15.3. The van der Waals surface area contributed by atoms with Crippen molar-refractivity contribution >= 4 is 0 Å². The molecule has 0 saturated carbocycles. The van der Waals surface area contributed by atoms with E-state index in [1.54, 1.807) is 0 Å². The molecule has 0 aliphatic carbocycles. The van der Waals surface area contributed by atoms with Crippen LogP contribution in [-0.4, -0.2) is 23.4 Å². The van der Waals surface area contributed by atoms with Crippen LogP contribution in [0.15, 0.2) is 12.3 Å². The third-order valence-corrected chi connectivity index (χ3v) is 3.22. The minimum atomic E-state index is 0.457. The van der Waals surface area contributed by atoms with Gasteiger partial charge in [0.2, 0.25) is 0 Å². The molecule has 0 bridgehead atoms. The van der Waals surface area contributed by atoms with Crippen LogP contribution in [0, 0.1) is 11.8 Å². The number of aromatic nitrogens is 2. The summed E-state index contributed by atoms with van der Waals surface area (Å²) >= 11 is 0. The monoisotopic (exact) mass is 223 g/mol. The summed E-state index contributed by atoms with van der Waals surface area (Å²) in [7, 11) is 2.01. The van der Waals surface area contributed by atoms with Crippen LogP contribution in [0.2, 0.25) is 0 Å². The van der Waals surface area contributed by atoms with Crippen LogP contribution >= 0.6 is 0 Å². The lowest BCUT2D eigenvalue weighted by Crippen LogP contribution is -2.23. The summed E-state index contributed by atoms with van der Waals surface area (Å²) in [5.74, 6) is 1.36. The quantitative estimate of drug-likeness (QED) is 0.803. The summed E-state index contributed by atoms with van der Waals surface area (Å²) in [4.78, 5) is 0. The third kappa shape index (κ3) is 3.63. The molecule has 0 saturated heterocycles. The fourth-order valence-corrected chi connectivity index (χ4v) is 1.83. The van der Waals surface area contributed by atoms with Crippen molar-refractivity contribution in [1.82, 2.24) is 15.1 Å². The van der Waals surface area contributed by atoms with Crippen LogP contribution in [0.5, 0.6) is 0 Å². The van der Waals surface area contributed by atoms with Crippen LogP contribution in [0.3, 0.4) is 0 Å². The van der Waals surface area contributed by atoms with Crippen molar-refractivity contribution in [2.24, 2.45) is 11.8 Å². The number of rotatable bonds is 6. The fraction of sp³-hybridized carbons (Fsp3) is 0.769. The maximum atomic E-state index is 4.59. The van der Waals surface area contributed by atoms with Crippen LogP contribution in [0.1, 0.15) is 39.4 Å². The summed E-state index contributed by atoms with van der Waals surface area (Å²) in [5.41, 5.74) is 1.21. The average Bonchev–Trinajstić information content (AvgIpc) is 2.66. The molecule has 0 radical (unpaired) electrons. The molecule has 92 valence electrons. The van der Waals surface area contributed by atoms with E-state index < -0.39 is 0 Å². The largest absolute Gasteiger partial charge is 0.319 e. The molecule has 0 aromatic carbocycles. The van der Waals surface area contributed by atoms with Crippen molar-refractivity contribution in [2.45, 2.75) is 40.2 Å². The first-order valence-corrected chi connectivity index (χ1v) is 6.23. The van der Waals surface area contributed by atoms with E-state index in [-0.39, 0.29) is 0 Å². The standard InChI is InChI=1S/C13H25N3/c1-10(2)16-7-6-13(15-16)8-11(3)12(4)9-14-5/h6-7,10-12,14H,8-9H2,1-5H3. The first-order chi connectivity index (χ1) is 7.54. The van der Waals surface area contributed by atoms with E-state index >= 15 is 0 Å². The van der Waals surface area contributed by atoms with Gasteiger partial charge in [-0.1, -0.05) is 13.8 Å². The average molecular weight is 223 g/mol. The van der Waals surface area contributed by atoms with Gasteiger partial charge in [0.1, 0.15) is 0 Å². The summed E-state index contributed by atoms with van der Waals surface area (Å²) < 4.78 is 2.03. The molecule has 1 heterocycles. The van der Waals surface area contributed by atoms with E-state index in [0.29, 0.717) is 17.9 Å². The zero-order valence-corrected chi connectivity index (χ0v) is 11.2. The van der Waals surface area contributed by atoms with Gasteiger partial charge >= 0.3 is 0 Å². The fourth-order valence-electron chi connectivity index (χ4n) is 1.83. The first-order valence-electron chi connectivity index (χ1n) is 6.23. The zero-order chi connectivity index (χ0) is 12.1. The number of hydrogen-bond acceptors (Lipinski definition) is 2. The Morgan fingerprint density at radius 1 is 1.25 bits per heavy atom. The predicted octanol–water partition coefficient (Wildman–Crippen LogP) is 2.50. The summed E-state index contributed by atoms with van der Waals surface area (Å²) in [6.07, 6.45) is 3.15. The minimum absolute atomic E-state index is 0.457. The Kier molecular flexibility index (Phi) is 5.00. The smallest absolute Gasteiger partial charge is 0.0627 e. The normalized spacial score (nSPS) is 15.4. The first kappa shape index (κ1) is 13.2. The van der Waals surface area contributed by atoms with Gasteiger partial charge in [0, 0.05) is 12.2 Å². The summed E-state index contributed by atoms with van der Waals surface area (Å²) in [6.45, 7) is 9.98. The van der Waals surface area contributed by atoms with Crippen LogP contribution in [0.4, 0.5) is 0 Å². The van der Waals surface area contributed by atoms with Gasteiger partial charge in [0.15, 0.2) is 0 Å². The van der Waals surface area contributed by atoms with Crippen molar-refractivity contribution in [2.75, 3.05) is 13.6 Å². The van der Waals surface area contributed by atoms with Gasteiger partial charge < -0.3 is 5.32 Å². The lowest BCUT2D eigenvalue weighted by Gasteiger charge is -2.18. The van der Waals surface area contributed by atoms with Crippen molar-refractivity contribution in [3.63, 3.8) is 0 Å². The molecular formula is C13H25N3. The van der Waals surface area contributed by atoms with E-state index in [9.17, 15) is 0 Å². The Balaban J connectivity index is 2.52. The van der Waals surface area contributed by atoms with E-state index in [2.05, 4.69) is 50.4 Å². The van der Waals surface area contributed by atoms with Gasteiger partial charge in [0.25, 0.3) is 0 Å². The molecule has 0 aliphatic heterocycles. The van der Waals surface area contributed by atoms with Crippen LogP contribution in [0.25, 0.3) is 0 Å². The molecule has 0 fully saturated rings. The SMILES string of the molecule is CNCC(C)C(C)Cc1ccn(C(C)C)n1. The second kappa shape index (κ2) is 6.04. The molecule has 1 rings (SSSR count). The molecule has 3 nitrogen and oxygen atoms in total. The zero-order valence-electron chi connectivity index (χ0n) is 11.2. The number of nitrogens with zero attached hydrogens (tertiary/aromatic N) is 2. The second-order valence-corrected chi connectivity index (χ2v) is 5.10. The molecule has 0 spiro atoms. The van der Waals surface area contributed by atoms with Crippen molar-refractivity contribution in [3.8, 4) is 0 Å². The molecule has 1 aromatic rings. The topological polar surface area (TPSA) is 29.9 Å². The van der Waals surface area contributed by atoms with E-state index in [4.69, 9.17) is 0 Å². The Bertz CT molecular complexity index is 304. The van der Waals surface area contributed by atoms with Gasteiger partial charge in [-0.25, -0.2) is 0 Å². The highest BCUT2D eigenvalue weighted by Gasteiger charge is 2.13. The Morgan fingerprint density at radius 3 is 2.44 bits per heavy atom. The van der Waals surface area contributed by atoms with Gasteiger partial charge in [-0.15, -0.1) is 0 Å². The van der Waals surface area contributed by atoms with E-state index in [1.165, 1.54) is 5.69 Å². The highest BCUT2D eigenvalue weighted by Crippen LogP contribution is 2.16. The van der Waals surface area contributed by atoms with E-state index in [1.807, 2.05) is 11.7 Å². The molecule has 1 aromatic heterocycles. The minimum Gasteiger partial charge on any atom is -0.319 e. The molecule has 16 heavy (non-hydrogen) atoms. The van der Waals surface area contributed by atoms with Crippen molar-refractivity contribution in [1.29, 1.82) is 0 Å². The van der Waals surface area contributed by atoms with Gasteiger partial charge in [-0.05, 0) is 51.8 Å².